The van der Waals surface area contributed by atoms with Gasteiger partial charge in [-0.05, 0) is 50.3 Å². The Morgan fingerprint density at radius 2 is 1.73 bits per heavy atom. The Balaban J connectivity index is 2.09. The molecule has 2 aromatic rings. The maximum absolute atomic E-state index is 6.01. The molecule has 0 radical (unpaired) electrons. The van der Waals surface area contributed by atoms with E-state index in [0.717, 1.165) is 35.1 Å². The van der Waals surface area contributed by atoms with E-state index < -0.39 is 0 Å². The molecule has 1 aromatic carbocycles. The monoisotopic (exact) mass is 348 g/mol. The van der Waals surface area contributed by atoms with Gasteiger partial charge in [0.15, 0.2) is 0 Å². The molecule has 0 bridgehead atoms. The molecule has 3 heteroatoms. The van der Waals surface area contributed by atoms with E-state index in [-0.39, 0.29) is 10.8 Å². The van der Waals surface area contributed by atoms with E-state index in [9.17, 15) is 0 Å². The second-order valence-electron chi connectivity index (χ2n) is 7.93. The number of benzene rings is 1. The molecule has 3 rings (SSSR count). The van der Waals surface area contributed by atoms with Gasteiger partial charge in [0.2, 0.25) is 5.88 Å². The van der Waals surface area contributed by atoms with Crippen molar-refractivity contribution < 1.29 is 4.74 Å². The Hall–Kier alpha value is -2.42. The summed E-state index contributed by atoms with van der Waals surface area (Å²) in [5, 5.41) is 11.2. The molecule has 0 fully saturated rings. The summed E-state index contributed by atoms with van der Waals surface area (Å²) in [5.74, 6) is 1.32. The first kappa shape index (κ1) is 18.4. The average molecular weight is 348 g/mol. The second-order valence-corrected chi connectivity index (χ2v) is 7.93. The quantitative estimate of drug-likeness (QED) is 0.379. The summed E-state index contributed by atoms with van der Waals surface area (Å²) in [6, 6.07) is 8.26. The van der Waals surface area contributed by atoms with E-state index in [2.05, 4.69) is 61.3 Å². The van der Waals surface area contributed by atoms with Crippen LogP contribution >= 0.6 is 0 Å². The summed E-state index contributed by atoms with van der Waals surface area (Å²) in [6.45, 7) is 10.7. The number of hydrogen-bond acceptors (Lipinski definition) is 3. The van der Waals surface area contributed by atoms with E-state index in [4.69, 9.17) is 4.74 Å². The highest BCUT2D eigenvalue weighted by Crippen LogP contribution is 2.43. The maximum atomic E-state index is 6.01. The molecule has 1 aromatic heterocycles. The molecule has 0 N–H and O–H groups in total. The Labute approximate surface area is 156 Å². The van der Waals surface area contributed by atoms with Gasteiger partial charge in [0, 0.05) is 16.2 Å². The third-order valence-electron chi connectivity index (χ3n) is 5.22. The summed E-state index contributed by atoms with van der Waals surface area (Å²) >= 11 is 0. The summed E-state index contributed by atoms with van der Waals surface area (Å²) in [5.41, 5.74) is 1.17. The summed E-state index contributed by atoms with van der Waals surface area (Å²) < 4.78 is 6.01. The second kappa shape index (κ2) is 7.06. The van der Waals surface area contributed by atoms with Crippen molar-refractivity contribution in [1.29, 1.82) is 0 Å². The molecule has 1 heterocycles. The minimum Gasteiger partial charge on any atom is -0.437 e. The normalized spacial score (nSPS) is 22.9. The maximum Gasteiger partial charge on any atom is 0.246 e. The van der Waals surface area contributed by atoms with Crippen LogP contribution in [0.4, 0.5) is 0 Å². The predicted molar refractivity (Wildman–Crippen MR) is 108 cm³/mol. The number of hydrogen-bond donors (Lipinski definition) is 0. The van der Waals surface area contributed by atoms with Crippen LogP contribution in [0.15, 0.2) is 60.4 Å². The lowest BCUT2D eigenvalue weighted by molar-refractivity contribution is 0.336. The van der Waals surface area contributed by atoms with Crippen molar-refractivity contribution in [3.8, 4) is 5.88 Å². The molecule has 1 atom stereocenters. The summed E-state index contributed by atoms with van der Waals surface area (Å²) in [4.78, 5) is 0. The smallest absolute Gasteiger partial charge is 0.246 e. The number of allylic oxidation sites excluding steroid dienone is 5. The number of rotatable bonds is 4. The van der Waals surface area contributed by atoms with E-state index in [1.807, 2.05) is 38.1 Å². The number of ether oxygens (including phenoxy) is 1. The van der Waals surface area contributed by atoms with Gasteiger partial charge >= 0.3 is 0 Å². The van der Waals surface area contributed by atoms with Gasteiger partial charge < -0.3 is 4.74 Å². The lowest BCUT2D eigenvalue weighted by Crippen LogP contribution is -2.28. The molecule has 3 nitrogen and oxygen atoms in total. The van der Waals surface area contributed by atoms with E-state index >= 15 is 0 Å². The average Bonchev–Trinajstić information content (AvgIpc) is 2.64. The number of aromatic nitrogens is 2. The van der Waals surface area contributed by atoms with Crippen LogP contribution in [-0.2, 0) is 5.41 Å². The molecule has 0 saturated heterocycles. The van der Waals surface area contributed by atoms with Crippen LogP contribution in [0.25, 0.3) is 10.8 Å². The van der Waals surface area contributed by atoms with E-state index in [0.29, 0.717) is 5.88 Å². The first-order valence-electron chi connectivity index (χ1n) is 9.32. The SMILES string of the molecule is C/C=C\C(=C/C)Oc1nnc(C2(C)C=CC(C)(C)CC2)c2ccccc12. The minimum atomic E-state index is -0.104. The van der Waals surface area contributed by atoms with Gasteiger partial charge in [0.05, 0.1) is 5.69 Å². The van der Waals surface area contributed by atoms with Gasteiger partial charge in [0.25, 0.3) is 0 Å². The van der Waals surface area contributed by atoms with Crippen LogP contribution in [0.5, 0.6) is 5.88 Å². The summed E-state index contributed by atoms with van der Waals surface area (Å²) in [7, 11) is 0. The predicted octanol–water partition coefficient (Wildman–Crippen LogP) is 6.12. The van der Waals surface area contributed by atoms with Gasteiger partial charge in [-0.2, -0.15) is 5.10 Å². The van der Waals surface area contributed by atoms with Crippen LogP contribution in [0, 0.1) is 5.41 Å². The molecule has 136 valence electrons. The van der Waals surface area contributed by atoms with E-state index in [1.54, 1.807) is 0 Å². The van der Waals surface area contributed by atoms with Gasteiger partial charge in [-0.1, -0.05) is 57.2 Å². The lowest BCUT2D eigenvalue weighted by atomic mass is 9.69. The van der Waals surface area contributed by atoms with E-state index in [1.165, 1.54) is 0 Å². The van der Waals surface area contributed by atoms with Crippen LogP contribution < -0.4 is 4.74 Å². The van der Waals surface area contributed by atoms with Crippen LogP contribution in [0.2, 0.25) is 0 Å². The fraction of sp³-hybridized carbons (Fsp3) is 0.391. The lowest BCUT2D eigenvalue weighted by Gasteiger charge is -2.35. The fourth-order valence-corrected chi connectivity index (χ4v) is 3.40. The Bertz CT molecular complexity index is 892. The van der Waals surface area contributed by atoms with Crippen molar-refractivity contribution in [2.24, 2.45) is 5.41 Å². The van der Waals surface area contributed by atoms with Crippen LogP contribution in [0.3, 0.4) is 0 Å². The van der Waals surface area contributed by atoms with Crippen molar-refractivity contribution >= 4 is 10.8 Å². The fourth-order valence-electron chi connectivity index (χ4n) is 3.40. The highest BCUT2D eigenvalue weighted by atomic mass is 16.5. The Kier molecular flexibility index (Phi) is 4.99. The van der Waals surface area contributed by atoms with Gasteiger partial charge in [-0.25, -0.2) is 0 Å². The van der Waals surface area contributed by atoms with Crippen molar-refractivity contribution in [3.63, 3.8) is 0 Å². The number of nitrogens with zero attached hydrogens (tertiary/aromatic N) is 2. The molecule has 1 unspecified atom stereocenters. The van der Waals surface area contributed by atoms with Crippen molar-refractivity contribution in [2.75, 3.05) is 0 Å². The molecule has 1 aliphatic carbocycles. The third kappa shape index (κ3) is 3.57. The van der Waals surface area contributed by atoms with Crippen LogP contribution in [0.1, 0.15) is 53.2 Å². The molecular weight excluding hydrogens is 320 g/mol. The molecule has 0 aliphatic heterocycles. The van der Waals surface area contributed by atoms with Crippen LogP contribution in [-0.4, -0.2) is 10.2 Å². The Morgan fingerprint density at radius 3 is 2.35 bits per heavy atom. The van der Waals surface area contributed by atoms with Crippen molar-refractivity contribution in [2.45, 2.75) is 52.9 Å². The minimum absolute atomic E-state index is 0.104. The molecule has 0 saturated carbocycles. The highest BCUT2D eigenvalue weighted by Gasteiger charge is 2.34. The molecule has 0 spiro atoms. The molecule has 0 amide bonds. The van der Waals surface area contributed by atoms with Gasteiger partial charge in [-0.15, -0.1) is 5.10 Å². The highest BCUT2D eigenvalue weighted by molar-refractivity contribution is 5.89. The molecule has 26 heavy (non-hydrogen) atoms. The zero-order chi connectivity index (χ0) is 18.8. The standard InChI is InChI=1S/C23H28N2O/c1-6-10-17(7-2)26-21-19-12-9-8-11-18(19)20(24-25-21)23(5)15-13-22(3,4)14-16-23/h6-13,15H,14,16H2,1-5H3/b10-6-,17-7+. The molecule has 1 aliphatic rings. The van der Waals surface area contributed by atoms with Gasteiger partial charge in [-0.3, -0.25) is 0 Å². The third-order valence-corrected chi connectivity index (χ3v) is 5.22. The Morgan fingerprint density at radius 1 is 1.00 bits per heavy atom. The zero-order valence-electron chi connectivity index (χ0n) is 16.4. The van der Waals surface area contributed by atoms with Gasteiger partial charge in [0.1, 0.15) is 5.76 Å². The number of fused-ring (bicyclic) bond motifs is 1. The molecular formula is C23H28N2O. The van der Waals surface area contributed by atoms with Crippen molar-refractivity contribution in [1.82, 2.24) is 10.2 Å². The zero-order valence-corrected chi connectivity index (χ0v) is 16.4. The topological polar surface area (TPSA) is 35.0 Å². The summed E-state index contributed by atoms with van der Waals surface area (Å²) in [6.07, 6.45) is 12.6. The first-order valence-corrected chi connectivity index (χ1v) is 9.32. The van der Waals surface area contributed by atoms with Crippen molar-refractivity contribution in [3.05, 3.63) is 66.1 Å². The largest absolute Gasteiger partial charge is 0.437 e. The first-order chi connectivity index (χ1) is 12.4.